The fraction of sp³-hybridized carbons (Fsp3) is 0.200. The molecule has 1 atom stereocenters. The number of nitriles is 1. The van der Waals surface area contributed by atoms with E-state index >= 15 is 0 Å². The molecule has 0 saturated heterocycles. The van der Waals surface area contributed by atoms with Crippen LogP contribution in [0.4, 0.5) is 4.39 Å². The van der Waals surface area contributed by atoms with Crippen LogP contribution in [0.3, 0.4) is 0 Å². The molecule has 1 unspecified atom stereocenters. The summed E-state index contributed by atoms with van der Waals surface area (Å²) in [5.74, 6) is -0.470. The van der Waals surface area contributed by atoms with Crippen molar-refractivity contribution in [1.82, 2.24) is 0 Å². The summed E-state index contributed by atoms with van der Waals surface area (Å²) in [6, 6.07) is 5.69. The van der Waals surface area contributed by atoms with E-state index < -0.39 is 11.2 Å². The van der Waals surface area contributed by atoms with Crippen LogP contribution in [-0.4, -0.2) is 11.7 Å². The van der Waals surface area contributed by atoms with Crippen LogP contribution in [0.1, 0.15) is 11.1 Å². The van der Waals surface area contributed by atoms with Gasteiger partial charge in [0.25, 0.3) is 0 Å². The summed E-state index contributed by atoms with van der Waals surface area (Å²) in [7, 11) is 0. The van der Waals surface area contributed by atoms with E-state index in [9.17, 15) is 9.18 Å². The molecule has 1 aromatic rings. The molecule has 0 bridgehead atoms. The number of rotatable bonds is 3. The van der Waals surface area contributed by atoms with Crippen LogP contribution in [0.5, 0.6) is 0 Å². The Morgan fingerprint density at radius 1 is 1.64 bits per heavy atom. The summed E-state index contributed by atoms with van der Waals surface area (Å²) in [6.07, 6.45) is 0.834. The van der Waals surface area contributed by atoms with Crippen molar-refractivity contribution < 1.29 is 9.18 Å². The molecule has 0 aliphatic heterocycles. The lowest BCUT2D eigenvalue weighted by Crippen LogP contribution is -2.06. The summed E-state index contributed by atoms with van der Waals surface area (Å²) < 4.78 is 12.7. The molecule has 0 saturated carbocycles. The molecule has 72 valence electrons. The van der Waals surface area contributed by atoms with E-state index in [1.54, 1.807) is 0 Å². The van der Waals surface area contributed by atoms with Gasteiger partial charge in [0, 0.05) is 0 Å². The summed E-state index contributed by atoms with van der Waals surface area (Å²) in [4.78, 5) is 10.3. The zero-order chi connectivity index (χ0) is 10.6. The highest BCUT2D eigenvalue weighted by atomic mass is 35.5. The molecule has 0 aliphatic rings. The van der Waals surface area contributed by atoms with Crippen molar-refractivity contribution >= 4 is 17.9 Å². The number of hydrogen-bond donors (Lipinski definition) is 0. The summed E-state index contributed by atoms with van der Waals surface area (Å²) >= 11 is 5.60. The molecule has 0 heterocycles. The van der Waals surface area contributed by atoms with Gasteiger partial charge in [-0.1, -0.05) is 6.07 Å². The Hall–Kier alpha value is -1.40. The molecule has 1 rings (SSSR count). The van der Waals surface area contributed by atoms with Crippen LogP contribution < -0.4 is 0 Å². The second kappa shape index (κ2) is 4.73. The molecule has 0 spiro atoms. The van der Waals surface area contributed by atoms with Crippen LogP contribution in [0.2, 0.25) is 0 Å². The fourth-order valence-corrected chi connectivity index (χ4v) is 1.26. The third-order valence-electron chi connectivity index (χ3n) is 1.75. The number of aldehydes is 1. The highest BCUT2D eigenvalue weighted by molar-refractivity contribution is 6.27. The van der Waals surface area contributed by atoms with Crippen molar-refractivity contribution in [2.75, 3.05) is 0 Å². The van der Waals surface area contributed by atoms with Gasteiger partial charge in [0.1, 0.15) is 12.1 Å². The van der Waals surface area contributed by atoms with E-state index in [-0.39, 0.29) is 12.0 Å². The number of nitrogens with zero attached hydrogens (tertiary/aromatic N) is 1. The van der Waals surface area contributed by atoms with Gasteiger partial charge >= 0.3 is 0 Å². The Morgan fingerprint density at radius 3 is 2.93 bits per heavy atom. The average molecular weight is 212 g/mol. The maximum atomic E-state index is 12.7. The van der Waals surface area contributed by atoms with Crippen molar-refractivity contribution in [1.29, 1.82) is 5.26 Å². The highest BCUT2D eigenvalue weighted by Gasteiger charge is 2.08. The predicted octanol–water partition coefficient (Wildman–Crippen LogP) is 2.05. The maximum absolute atomic E-state index is 12.7. The Morgan fingerprint density at radius 2 is 2.36 bits per heavy atom. The van der Waals surface area contributed by atoms with Gasteiger partial charge in [0.2, 0.25) is 0 Å². The van der Waals surface area contributed by atoms with Crippen molar-refractivity contribution in [3.8, 4) is 6.07 Å². The van der Waals surface area contributed by atoms with Gasteiger partial charge in [-0.2, -0.15) is 5.26 Å². The van der Waals surface area contributed by atoms with Crippen LogP contribution >= 0.6 is 11.6 Å². The molecular formula is C10H7ClFNO. The Kier molecular flexibility index (Phi) is 3.61. The van der Waals surface area contributed by atoms with E-state index in [4.69, 9.17) is 16.9 Å². The van der Waals surface area contributed by atoms with E-state index in [1.807, 2.05) is 6.07 Å². The third-order valence-corrected chi connectivity index (χ3v) is 2.01. The zero-order valence-electron chi connectivity index (χ0n) is 7.21. The number of carbonyl (C=O) groups is 1. The molecular weight excluding hydrogens is 205 g/mol. The van der Waals surface area contributed by atoms with Crippen molar-refractivity contribution in [2.24, 2.45) is 0 Å². The van der Waals surface area contributed by atoms with Gasteiger partial charge in [0.05, 0.1) is 17.0 Å². The van der Waals surface area contributed by atoms with Crippen LogP contribution in [-0.2, 0) is 11.2 Å². The molecule has 0 radical (unpaired) electrons. The van der Waals surface area contributed by atoms with Gasteiger partial charge in [-0.3, -0.25) is 0 Å². The molecule has 0 N–H and O–H groups in total. The number of halogens is 2. The maximum Gasteiger partial charge on any atom is 0.138 e. The molecule has 14 heavy (non-hydrogen) atoms. The third kappa shape index (κ3) is 2.54. The average Bonchev–Trinajstić information content (AvgIpc) is 2.20. The smallest absolute Gasteiger partial charge is 0.138 e. The van der Waals surface area contributed by atoms with Crippen LogP contribution in [0.15, 0.2) is 18.2 Å². The van der Waals surface area contributed by atoms with Crippen molar-refractivity contribution in [2.45, 2.75) is 11.8 Å². The van der Waals surface area contributed by atoms with Gasteiger partial charge in [-0.15, -0.1) is 11.6 Å². The zero-order valence-corrected chi connectivity index (χ0v) is 7.96. The topological polar surface area (TPSA) is 40.9 Å². The second-order valence-electron chi connectivity index (χ2n) is 2.77. The summed E-state index contributed by atoms with van der Waals surface area (Å²) in [6.45, 7) is 0. The van der Waals surface area contributed by atoms with Gasteiger partial charge in [-0.05, 0) is 24.1 Å². The van der Waals surface area contributed by atoms with Crippen LogP contribution in [0.25, 0.3) is 0 Å². The summed E-state index contributed by atoms with van der Waals surface area (Å²) in [5, 5.41) is 8.01. The van der Waals surface area contributed by atoms with Gasteiger partial charge in [0.15, 0.2) is 0 Å². The quantitative estimate of drug-likeness (QED) is 0.567. The van der Waals surface area contributed by atoms with E-state index in [1.165, 1.54) is 12.1 Å². The SMILES string of the molecule is N#Cc1cc(F)ccc1CC(Cl)C=O. The van der Waals surface area contributed by atoms with Crippen molar-refractivity contribution in [3.63, 3.8) is 0 Å². The first-order valence-electron chi connectivity index (χ1n) is 3.95. The molecule has 1 aromatic carbocycles. The van der Waals surface area contributed by atoms with E-state index in [0.717, 1.165) is 6.07 Å². The lowest BCUT2D eigenvalue weighted by molar-refractivity contribution is -0.107. The first kappa shape index (κ1) is 10.7. The highest BCUT2D eigenvalue weighted by Crippen LogP contribution is 2.13. The minimum absolute atomic E-state index is 0.220. The van der Waals surface area contributed by atoms with Crippen LogP contribution in [0, 0.1) is 17.1 Å². The normalized spacial score (nSPS) is 11.8. The van der Waals surface area contributed by atoms with Crippen molar-refractivity contribution in [3.05, 3.63) is 35.1 Å². The van der Waals surface area contributed by atoms with Gasteiger partial charge < -0.3 is 4.79 Å². The number of carbonyl (C=O) groups excluding carboxylic acids is 1. The fourth-order valence-electron chi connectivity index (χ4n) is 1.09. The lowest BCUT2D eigenvalue weighted by Gasteiger charge is -2.04. The number of benzene rings is 1. The largest absolute Gasteiger partial charge is 0.302 e. The Bertz CT molecular complexity index is 386. The molecule has 4 heteroatoms. The molecule has 2 nitrogen and oxygen atoms in total. The number of alkyl halides is 1. The standard InChI is InChI=1S/C10H7ClFNO/c11-9(6-14)3-7-1-2-10(12)4-8(7)5-13/h1-2,4,6,9H,3H2. The lowest BCUT2D eigenvalue weighted by atomic mass is 10.0. The Labute approximate surface area is 85.9 Å². The second-order valence-corrected chi connectivity index (χ2v) is 3.33. The molecule has 0 fully saturated rings. The molecule has 0 amide bonds. The summed E-state index contributed by atoms with van der Waals surface area (Å²) in [5.41, 5.74) is 0.804. The van der Waals surface area contributed by atoms with E-state index in [0.29, 0.717) is 11.8 Å². The monoisotopic (exact) mass is 211 g/mol. The minimum atomic E-state index is -0.674. The number of hydrogen-bond acceptors (Lipinski definition) is 2. The van der Waals surface area contributed by atoms with Gasteiger partial charge in [-0.25, -0.2) is 4.39 Å². The first-order valence-corrected chi connectivity index (χ1v) is 4.39. The predicted molar refractivity (Wildman–Crippen MR) is 50.5 cm³/mol. The first-order chi connectivity index (χ1) is 6.67. The molecule has 0 aromatic heterocycles. The molecule has 0 aliphatic carbocycles. The van der Waals surface area contributed by atoms with E-state index in [2.05, 4.69) is 0 Å². The minimum Gasteiger partial charge on any atom is -0.302 e. The Balaban J connectivity index is 2.98.